The minimum atomic E-state index is -4.13. The molecule has 0 radical (unpaired) electrons. The Labute approximate surface area is 220 Å². The number of fused-ring (bicyclic) bond motifs is 1. The van der Waals surface area contributed by atoms with Crippen molar-refractivity contribution < 1.29 is 22.0 Å². The van der Waals surface area contributed by atoms with E-state index in [-0.39, 0.29) is 33.9 Å². The Morgan fingerprint density at radius 3 is 2.42 bits per heavy atom. The predicted octanol–water partition coefficient (Wildman–Crippen LogP) is 6.48. The van der Waals surface area contributed by atoms with Gasteiger partial charge in [0.1, 0.15) is 5.82 Å². The van der Waals surface area contributed by atoms with Crippen LogP contribution in [0.2, 0.25) is 0 Å². The van der Waals surface area contributed by atoms with Gasteiger partial charge in [-0.05, 0) is 53.4 Å². The number of rotatable bonds is 6. The highest BCUT2D eigenvalue weighted by Crippen LogP contribution is 2.33. The number of nitrogens with one attached hydrogen (secondary N) is 2. The molecule has 4 aromatic rings. The van der Waals surface area contributed by atoms with Gasteiger partial charge in [0.15, 0.2) is 5.82 Å². The summed E-state index contributed by atoms with van der Waals surface area (Å²) in [5, 5.41) is 3.12. The second-order valence-corrected chi connectivity index (χ2v) is 12.0. The van der Waals surface area contributed by atoms with Gasteiger partial charge in [-0.2, -0.15) is 0 Å². The van der Waals surface area contributed by atoms with Gasteiger partial charge in [-0.25, -0.2) is 27.2 Å². The van der Waals surface area contributed by atoms with E-state index < -0.39 is 32.6 Å². The number of halogens is 2. The summed E-state index contributed by atoms with van der Waals surface area (Å²) >= 11 is 0. The van der Waals surface area contributed by atoms with Crippen molar-refractivity contribution in [2.75, 3.05) is 10.0 Å². The number of aromatic nitrogens is 2. The summed E-state index contributed by atoms with van der Waals surface area (Å²) in [6.45, 7) is 9.14. The monoisotopic (exact) mass is 538 g/mol. The fourth-order valence-electron chi connectivity index (χ4n) is 3.68. The topological polar surface area (TPSA) is 101 Å². The first-order valence-corrected chi connectivity index (χ1v) is 13.4. The quantitative estimate of drug-likeness (QED) is 0.292. The van der Waals surface area contributed by atoms with Gasteiger partial charge >= 0.3 is 0 Å². The number of nitrogens with zero attached hydrogens (tertiary/aromatic N) is 2. The van der Waals surface area contributed by atoms with E-state index in [1.807, 2.05) is 19.9 Å². The Morgan fingerprint density at radius 2 is 1.74 bits per heavy atom. The maximum absolute atomic E-state index is 15.5. The van der Waals surface area contributed by atoms with Gasteiger partial charge in [0, 0.05) is 17.0 Å². The number of carbonyl (C=O) groups is 1. The van der Waals surface area contributed by atoms with E-state index in [1.165, 1.54) is 30.5 Å². The van der Waals surface area contributed by atoms with E-state index in [2.05, 4.69) is 20.0 Å². The van der Waals surface area contributed by atoms with Gasteiger partial charge in [-0.15, -0.1) is 0 Å². The minimum Gasteiger partial charge on any atom is -0.294 e. The molecule has 0 saturated heterocycles. The third kappa shape index (κ3) is 5.65. The van der Waals surface area contributed by atoms with Gasteiger partial charge in [0.05, 0.1) is 21.7 Å². The molecule has 3 aromatic carbocycles. The number of carbonyl (C=O) groups excluding carboxylic acids is 1. The van der Waals surface area contributed by atoms with Crippen molar-refractivity contribution in [2.24, 2.45) is 5.41 Å². The van der Waals surface area contributed by atoms with Gasteiger partial charge < -0.3 is 0 Å². The van der Waals surface area contributed by atoms with Crippen LogP contribution >= 0.6 is 0 Å². The zero-order chi connectivity index (χ0) is 27.8. The number of hydrogen-bond donors (Lipinski definition) is 2. The molecular formula is C28H28F2N4O3S. The summed E-state index contributed by atoms with van der Waals surface area (Å²) < 4.78 is 58.6. The molecule has 2 N–H and O–H groups in total. The summed E-state index contributed by atoms with van der Waals surface area (Å²) in [6.07, 6.45) is 1.44. The molecule has 1 aromatic heterocycles. The van der Waals surface area contributed by atoms with Crippen LogP contribution in [0.4, 0.5) is 20.4 Å². The molecule has 7 nitrogen and oxygen atoms in total. The van der Waals surface area contributed by atoms with Crippen LogP contribution in [-0.4, -0.2) is 24.3 Å². The van der Waals surface area contributed by atoms with E-state index in [4.69, 9.17) is 0 Å². The molecule has 0 unspecified atom stereocenters. The maximum Gasteiger partial charge on any atom is 0.261 e. The third-order valence-electron chi connectivity index (χ3n) is 5.95. The molecule has 198 valence electrons. The molecule has 10 heteroatoms. The molecule has 38 heavy (non-hydrogen) atoms. The Hall–Kier alpha value is -3.92. The Morgan fingerprint density at radius 1 is 1.00 bits per heavy atom. The van der Waals surface area contributed by atoms with Crippen LogP contribution < -0.4 is 10.0 Å². The van der Waals surface area contributed by atoms with Crippen molar-refractivity contribution in [3.63, 3.8) is 0 Å². The second kappa shape index (κ2) is 10.1. The van der Waals surface area contributed by atoms with Crippen LogP contribution in [0.15, 0.2) is 65.7 Å². The van der Waals surface area contributed by atoms with Gasteiger partial charge in [-0.1, -0.05) is 52.8 Å². The third-order valence-corrected chi connectivity index (χ3v) is 7.31. The molecule has 0 fully saturated rings. The van der Waals surface area contributed by atoms with E-state index in [1.54, 1.807) is 32.9 Å². The first-order chi connectivity index (χ1) is 17.8. The van der Waals surface area contributed by atoms with Crippen LogP contribution in [0.3, 0.4) is 0 Å². The fourth-order valence-corrected chi connectivity index (χ4v) is 4.79. The number of benzene rings is 3. The Balaban J connectivity index is 1.68. The zero-order valence-electron chi connectivity index (χ0n) is 21.6. The molecule has 1 heterocycles. The summed E-state index contributed by atoms with van der Waals surface area (Å²) in [4.78, 5) is 20.6. The molecule has 0 bridgehead atoms. The largest absolute Gasteiger partial charge is 0.294 e. The van der Waals surface area contributed by atoms with E-state index in [0.29, 0.717) is 10.9 Å². The maximum atomic E-state index is 15.5. The van der Waals surface area contributed by atoms with Crippen molar-refractivity contribution >= 4 is 38.5 Å². The van der Waals surface area contributed by atoms with Crippen molar-refractivity contribution in [2.45, 2.75) is 45.4 Å². The lowest BCUT2D eigenvalue weighted by atomic mass is 9.96. The SMILES string of the molecule is CC(C)c1cccc(S(=O)(=O)Nc2ccc(F)c(-c3ccc4nc(NC(=O)C(C)(C)C)ncc4c3)c2F)c1. The normalized spacial score (nSPS) is 12.1. The average molecular weight is 539 g/mol. The van der Waals surface area contributed by atoms with E-state index >= 15 is 4.39 Å². The number of anilines is 2. The highest BCUT2D eigenvalue weighted by Gasteiger charge is 2.23. The lowest BCUT2D eigenvalue weighted by Gasteiger charge is -2.16. The molecule has 1 amide bonds. The van der Waals surface area contributed by atoms with E-state index in [9.17, 15) is 17.6 Å². The molecule has 0 aliphatic rings. The highest BCUT2D eigenvalue weighted by atomic mass is 32.2. The van der Waals surface area contributed by atoms with Crippen molar-refractivity contribution in [1.82, 2.24) is 9.97 Å². The summed E-state index contributed by atoms with van der Waals surface area (Å²) in [7, 11) is -4.13. The van der Waals surface area contributed by atoms with Crippen LogP contribution in [0.1, 0.15) is 46.1 Å². The first-order valence-electron chi connectivity index (χ1n) is 12.0. The molecular weight excluding hydrogens is 510 g/mol. The summed E-state index contributed by atoms with van der Waals surface area (Å²) in [5.74, 6) is -1.96. The van der Waals surface area contributed by atoms with E-state index in [0.717, 1.165) is 17.7 Å². The number of hydrogen-bond acceptors (Lipinski definition) is 5. The standard InChI is InChI=1S/C28H28F2N4O3S/c1-16(2)17-7-6-8-20(14-17)38(36,37)34-23-12-10-21(29)24(25(23)30)18-9-11-22-19(13-18)15-31-27(32-22)33-26(35)28(3,4)5/h6-16,34H,1-5H3,(H,31,32,33,35). The molecule has 0 saturated carbocycles. The molecule has 0 spiro atoms. The fraction of sp³-hybridized carbons (Fsp3) is 0.250. The number of amides is 1. The minimum absolute atomic E-state index is 0.0221. The van der Waals surface area contributed by atoms with Crippen molar-refractivity contribution in [1.29, 1.82) is 0 Å². The van der Waals surface area contributed by atoms with Crippen LogP contribution in [0, 0.1) is 17.0 Å². The van der Waals surface area contributed by atoms with Crippen molar-refractivity contribution in [3.8, 4) is 11.1 Å². The molecule has 0 aliphatic carbocycles. The zero-order valence-corrected chi connectivity index (χ0v) is 22.5. The van der Waals surface area contributed by atoms with Gasteiger partial charge in [0.2, 0.25) is 11.9 Å². The lowest BCUT2D eigenvalue weighted by molar-refractivity contribution is -0.123. The molecule has 0 aliphatic heterocycles. The second-order valence-electron chi connectivity index (χ2n) is 10.3. The van der Waals surface area contributed by atoms with Gasteiger partial charge in [-0.3, -0.25) is 14.8 Å². The number of sulfonamides is 1. The highest BCUT2D eigenvalue weighted by molar-refractivity contribution is 7.92. The average Bonchev–Trinajstić information content (AvgIpc) is 2.85. The van der Waals surface area contributed by atoms with Crippen LogP contribution in [0.5, 0.6) is 0 Å². The van der Waals surface area contributed by atoms with Crippen LogP contribution in [0.25, 0.3) is 22.0 Å². The smallest absolute Gasteiger partial charge is 0.261 e. The Bertz CT molecular complexity index is 1650. The molecule has 4 rings (SSSR count). The first kappa shape index (κ1) is 27.1. The lowest BCUT2D eigenvalue weighted by Crippen LogP contribution is -2.28. The summed E-state index contributed by atoms with van der Waals surface area (Å²) in [6, 6.07) is 12.9. The summed E-state index contributed by atoms with van der Waals surface area (Å²) in [5.41, 5.74) is 0.0240. The predicted molar refractivity (Wildman–Crippen MR) is 144 cm³/mol. The van der Waals surface area contributed by atoms with Crippen LogP contribution in [-0.2, 0) is 14.8 Å². The molecule has 0 atom stereocenters. The van der Waals surface area contributed by atoms with Crippen molar-refractivity contribution in [3.05, 3.63) is 78.0 Å². The van der Waals surface area contributed by atoms with Gasteiger partial charge in [0.25, 0.3) is 10.0 Å². The Kier molecular flexibility index (Phi) is 7.20.